The zero-order valence-electron chi connectivity index (χ0n) is 12.4. The summed E-state index contributed by atoms with van der Waals surface area (Å²) in [5, 5.41) is 18.4. The van der Waals surface area contributed by atoms with Crippen LogP contribution in [0.3, 0.4) is 0 Å². The molecule has 0 radical (unpaired) electrons. The highest BCUT2D eigenvalue weighted by molar-refractivity contribution is 9.10. The molecule has 0 aliphatic carbocycles. The number of aliphatic hydroxyl groups is 1. The van der Waals surface area contributed by atoms with Crippen molar-refractivity contribution in [2.24, 2.45) is 4.99 Å². The molecular weight excluding hydrogens is 392 g/mol. The molecule has 0 amide bonds. The average molecular weight is 404 g/mol. The Morgan fingerprint density at radius 1 is 1.12 bits per heavy atom. The number of aliphatic imine (C=N–C) groups is 1. The third-order valence-electron chi connectivity index (χ3n) is 3.90. The van der Waals surface area contributed by atoms with Crippen LogP contribution in [-0.4, -0.2) is 25.6 Å². The zero-order valence-corrected chi connectivity index (χ0v) is 14.8. The van der Waals surface area contributed by atoms with E-state index in [0.717, 1.165) is 27.0 Å². The molecule has 0 spiro atoms. The first-order chi connectivity index (χ1) is 11.7. The summed E-state index contributed by atoms with van der Waals surface area (Å²) >= 11 is 9.92. The first-order valence-electron chi connectivity index (χ1n) is 7.32. The lowest BCUT2D eigenvalue weighted by Crippen LogP contribution is -2.10. The van der Waals surface area contributed by atoms with Crippen LogP contribution in [-0.2, 0) is 13.2 Å². The van der Waals surface area contributed by atoms with Crippen molar-refractivity contribution in [2.45, 2.75) is 13.2 Å². The molecule has 0 saturated heterocycles. The molecule has 5 nitrogen and oxygen atoms in total. The average Bonchev–Trinajstić information content (AvgIpc) is 2.93. The van der Waals surface area contributed by atoms with Gasteiger partial charge in [-0.25, -0.2) is 0 Å². The van der Waals surface area contributed by atoms with Crippen LogP contribution in [0.1, 0.15) is 22.8 Å². The first-order valence-corrected chi connectivity index (χ1v) is 8.50. The van der Waals surface area contributed by atoms with Gasteiger partial charge >= 0.3 is 0 Å². The van der Waals surface area contributed by atoms with Gasteiger partial charge in [-0.15, -0.1) is 10.2 Å². The summed E-state index contributed by atoms with van der Waals surface area (Å²) in [6.45, 7) is 0.170. The maximum atomic E-state index is 9.59. The van der Waals surface area contributed by atoms with Crippen LogP contribution >= 0.6 is 27.5 Å². The fourth-order valence-corrected chi connectivity index (χ4v) is 3.43. The Balaban J connectivity index is 2.01. The summed E-state index contributed by atoms with van der Waals surface area (Å²) in [6.07, 6.45) is 0. The summed E-state index contributed by atoms with van der Waals surface area (Å²) in [5.41, 5.74) is 3.44. The van der Waals surface area contributed by atoms with E-state index in [1.165, 1.54) is 0 Å². The number of benzene rings is 2. The minimum atomic E-state index is -0.191. The van der Waals surface area contributed by atoms with E-state index in [0.29, 0.717) is 23.2 Å². The highest BCUT2D eigenvalue weighted by Crippen LogP contribution is 2.30. The van der Waals surface area contributed by atoms with Crippen LogP contribution in [0.4, 0.5) is 0 Å². The lowest BCUT2D eigenvalue weighted by Gasteiger charge is -2.14. The molecule has 0 fully saturated rings. The van der Waals surface area contributed by atoms with Gasteiger partial charge in [0, 0.05) is 20.6 Å². The number of aliphatic hydroxyl groups excluding tert-OH is 1. The molecule has 2 aromatic carbocycles. The Morgan fingerprint density at radius 2 is 1.96 bits per heavy atom. The van der Waals surface area contributed by atoms with Crippen molar-refractivity contribution in [1.29, 1.82) is 0 Å². The van der Waals surface area contributed by atoms with Gasteiger partial charge in [0.25, 0.3) is 0 Å². The molecule has 0 atom stereocenters. The fraction of sp³-hybridized carbons (Fsp3) is 0.118. The van der Waals surface area contributed by atoms with Gasteiger partial charge < -0.3 is 5.11 Å². The number of fused-ring (bicyclic) bond motifs is 3. The van der Waals surface area contributed by atoms with Crippen LogP contribution < -0.4 is 0 Å². The highest BCUT2D eigenvalue weighted by atomic mass is 79.9. The van der Waals surface area contributed by atoms with E-state index in [-0.39, 0.29) is 6.61 Å². The molecule has 0 saturated carbocycles. The Morgan fingerprint density at radius 3 is 2.75 bits per heavy atom. The van der Waals surface area contributed by atoms with E-state index in [4.69, 9.17) is 16.6 Å². The number of rotatable bonds is 2. The Bertz CT molecular complexity index is 967. The van der Waals surface area contributed by atoms with Crippen LogP contribution in [0.5, 0.6) is 0 Å². The van der Waals surface area contributed by atoms with Gasteiger partial charge in [0.2, 0.25) is 0 Å². The van der Waals surface area contributed by atoms with E-state index >= 15 is 0 Å². The molecule has 24 heavy (non-hydrogen) atoms. The van der Waals surface area contributed by atoms with Crippen molar-refractivity contribution in [3.05, 3.63) is 74.7 Å². The summed E-state index contributed by atoms with van der Waals surface area (Å²) < 4.78 is 2.79. The molecule has 1 aliphatic rings. The SMILES string of the molecule is OCc1nnc2n1-c1ccc(Br)cc1C(c1ccccc1Cl)=NC2. The lowest BCUT2D eigenvalue weighted by molar-refractivity contribution is 0.268. The summed E-state index contributed by atoms with van der Waals surface area (Å²) in [5.74, 6) is 1.17. The monoisotopic (exact) mass is 402 g/mol. The smallest absolute Gasteiger partial charge is 0.163 e. The predicted octanol–water partition coefficient (Wildman–Crippen LogP) is 3.53. The van der Waals surface area contributed by atoms with Gasteiger partial charge in [-0.1, -0.05) is 45.7 Å². The second kappa shape index (κ2) is 6.12. The maximum Gasteiger partial charge on any atom is 0.163 e. The quantitative estimate of drug-likeness (QED) is 0.712. The first kappa shape index (κ1) is 15.5. The Labute approximate surface area is 151 Å². The molecule has 120 valence electrons. The van der Waals surface area contributed by atoms with E-state index in [1.54, 1.807) is 0 Å². The Hall–Kier alpha value is -2.02. The molecule has 1 aliphatic heterocycles. The zero-order chi connectivity index (χ0) is 16.7. The van der Waals surface area contributed by atoms with Crippen molar-refractivity contribution in [2.75, 3.05) is 0 Å². The highest BCUT2D eigenvalue weighted by Gasteiger charge is 2.23. The van der Waals surface area contributed by atoms with Crippen LogP contribution in [0.2, 0.25) is 5.02 Å². The van der Waals surface area contributed by atoms with E-state index in [2.05, 4.69) is 26.1 Å². The minimum Gasteiger partial charge on any atom is -0.388 e. The van der Waals surface area contributed by atoms with Gasteiger partial charge in [0.15, 0.2) is 11.6 Å². The van der Waals surface area contributed by atoms with E-state index in [1.807, 2.05) is 47.0 Å². The topological polar surface area (TPSA) is 63.3 Å². The minimum absolute atomic E-state index is 0.191. The third-order valence-corrected chi connectivity index (χ3v) is 4.72. The number of aromatic nitrogens is 3. The number of hydrogen-bond donors (Lipinski definition) is 1. The predicted molar refractivity (Wildman–Crippen MR) is 95.8 cm³/mol. The van der Waals surface area contributed by atoms with Crippen molar-refractivity contribution in [1.82, 2.24) is 14.8 Å². The summed E-state index contributed by atoms with van der Waals surface area (Å²) in [7, 11) is 0. The second-order valence-corrected chi connectivity index (χ2v) is 6.66. The van der Waals surface area contributed by atoms with E-state index < -0.39 is 0 Å². The number of hydrogen-bond acceptors (Lipinski definition) is 4. The largest absolute Gasteiger partial charge is 0.388 e. The molecule has 0 unspecified atom stereocenters. The number of halogens is 2. The van der Waals surface area contributed by atoms with Crippen molar-refractivity contribution < 1.29 is 5.11 Å². The molecule has 4 rings (SSSR count). The number of nitrogens with zero attached hydrogens (tertiary/aromatic N) is 4. The lowest BCUT2D eigenvalue weighted by atomic mass is 10.0. The fourth-order valence-electron chi connectivity index (χ4n) is 2.85. The second-order valence-electron chi connectivity index (χ2n) is 5.33. The standard InChI is InChI=1S/C17H12BrClN4O/c18-10-5-6-14-12(7-10)17(11-3-1-2-4-13(11)19)20-8-15-21-22-16(9-24)23(14)15/h1-7,24H,8-9H2. The molecule has 0 bridgehead atoms. The molecule has 1 N–H and O–H groups in total. The van der Waals surface area contributed by atoms with Gasteiger partial charge in [-0.05, 0) is 24.3 Å². The molecular formula is C17H12BrClN4O. The molecule has 3 aromatic rings. The van der Waals surface area contributed by atoms with Crippen LogP contribution in [0, 0.1) is 0 Å². The Kier molecular flexibility index (Phi) is 3.96. The van der Waals surface area contributed by atoms with Gasteiger partial charge in [-0.3, -0.25) is 9.56 Å². The normalized spacial score (nSPS) is 13.0. The van der Waals surface area contributed by atoms with Gasteiger partial charge in [0.05, 0.1) is 11.4 Å². The summed E-state index contributed by atoms with van der Waals surface area (Å²) in [6, 6.07) is 13.5. The van der Waals surface area contributed by atoms with Crippen molar-refractivity contribution in [3.63, 3.8) is 0 Å². The summed E-state index contributed by atoms with van der Waals surface area (Å²) in [4.78, 5) is 4.73. The van der Waals surface area contributed by atoms with Crippen LogP contribution in [0.15, 0.2) is 51.9 Å². The molecule has 7 heteroatoms. The van der Waals surface area contributed by atoms with Gasteiger partial charge in [-0.2, -0.15) is 0 Å². The third kappa shape index (κ3) is 2.47. The van der Waals surface area contributed by atoms with Crippen molar-refractivity contribution >= 4 is 33.2 Å². The maximum absolute atomic E-state index is 9.59. The van der Waals surface area contributed by atoms with E-state index in [9.17, 15) is 5.11 Å². The van der Waals surface area contributed by atoms with Crippen LogP contribution in [0.25, 0.3) is 5.69 Å². The van der Waals surface area contributed by atoms with Gasteiger partial charge in [0.1, 0.15) is 13.2 Å². The molecule has 1 aromatic heterocycles. The van der Waals surface area contributed by atoms with Crippen molar-refractivity contribution in [3.8, 4) is 5.69 Å². The molecule has 2 heterocycles.